The summed E-state index contributed by atoms with van der Waals surface area (Å²) in [5, 5.41) is 4.26. The SMILES string of the molecule is CCCn1nc(C)c2c(C(F)(F)F)cc(C)nc21. The molecule has 0 amide bonds. The molecule has 0 saturated carbocycles. The summed E-state index contributed by atoms with van der Waals surface area (Å²) in [4.78, 5) is 4.19. The van der Waals surface area contributed by atoms with Gasteiger partial charge in [-0.3, -0.25) is 0 Å². The molecule has 0 atom stereocenters. The second-order valence-electron chi connectivity index (χ2n) is 4.32. The van der Waals surface area contributed by atoms with Gasteiger partial charge in [0.15, 0.2) is 5.65 Å². The third-order valence-electron chi connectivity index (χ3n) is 2.75. The number of alkyl halides is 3. The molecule has 0 spiro atoms. The number of hydrogen-bond donors (Lipinski definition) is 0. The van der Waals surface area contributed by atoms with E-state index in [4.69, 9.17) is 0 Å². The molecule has 98 valence electrons. The molecule has 0 aliphatic rings. The fraction of sp³-hybridized carbons (Fsp3) is 0.500. The second kappa shape index (κ2) is 4.26. The van der Waals surface area contributed by atoms with Crippen molar-refractivity contribution < 1.29 is 13.2 Å². The van der Waals surface area contributed by atoms with E-state index in [1.54, 1.807) is 18.5 Å². The molecule has 0 aliphatic heterocycles. The zero-order valence-electron chi connectivity index (χ0n) is 10.5. The first-order valence-electron chi connectivity index (χ1n) is 5.76. The maximum absolute atomic E-state index is 13.0. The van der Waals surface area contributed by atoms with Crippen molar-refractivity contribution in [1.29, 1.82) is 0 Å². The molecular weight excluding hydrogens is 243 g/mol. The molecule has 0 N–H and O–H groups in total. The van der Waals surface area contributed by atoms with Crippen LogP contribution in [0, 0.1) is 13.8 Å². The number of fused-ring (bicyclic) bond motifs is 1. The number of pyridine rings is 1. The average Bonchev–Trinajstić information content (AvgIpc) is 2.54. The molecule has 0 bridgehead atoms. The summed E-state index contributed by atoms with van der Waals surface area (Å²) in [7, 11) is 0. The van der Waals surface area contributed by atoms with Gasteiger partial charge in [0.1, 0.15) is 0 Å². The lowest BCUT2D eigenvalue weighted by Gasteiger charge is -2.09. The molecule has 2 heterocycles. The highest BCUT2D eigenvalue weighted by atomic mass is 19.4. The van der Waals surface area contributed by atoms with Crippen LogP contribution in [0.15, 0.2) is 6.07 Å². The van der Waals surface area contributed by atoms with Gasteiger partial charge in [0.25, 0.3) is 0 Å². The van der Waals surface area contributed by atoms with Crippen molar-refractivity contribution in [2.75, 3.05) is 0 Å². The van der Waals surface area contributed by atoms with Gasteiger partial charge in [-0.05, 0) is 26.3 Å². The van der Waals surface area contributed by atoms with E-state index in [2.05, 4.69) is 10.1 Å². The number of aryl methyl sites for hydroxylation is 3. The Morgan fingerprint density at radius 2 is 1.94 bits per heavy atom. The van der Waals surface area contributed by atoms with Crippen LogP contribution in [-0.2, 0) is 12.7 Å². The van der Waals surface area contributed by atoms with Gasteiger partial charge in [0, 0.05) is 12.2 Å². The van der Waals surface area contributed by atoms with E-state index in [-0.39, 0.29) is 5.39 Å². The summed E-state index contributed by atoms with van der Waals surface area (Å²) >= 11 is 0. The van der Waals surface area contributed by atoms with Crippen LogP contribution in [0.25, 0.3) is 11.0 Å². The molecular formula is C12H14F3N3. The van der Waals surface area contributed by atoms with Crippen LogP contribution in [0.2, 0.25) is 0 Å². The smallest absolute Gasteiger partial charge is 0.247 e. The summed E-state index contributed by atoms with van der Waals surface area (Å²) in [6.07, 6.45) is -3.58. The molecule has 18 heavy (non-hydrogen) atoms. The summed E-state index contributed by atoms with van der Waals surface area (Å²) < 4.78 is 40.6. The molecule has 0 unspecified atom stereocenters. The van der Waals surface area contributed by atoms with Gasteiger partial charge < -0.3 is 0 Å². The minimum absolute atomic E-state index is 0.113. The number of hydrogen-bond acceptors (Lipinski definition) is 2. The Balaban J connectivity index is 2.80. The van der Waals surface area contributed by atoms with Gasteiger partial charge in [-0.15, -0.1) is 0 Å². The first-order valence-corrected chi connectivity index (χ1v) is 5.76. The van der Waals surface area contributed by atoms with Gasteiger partial charge in [0.05, 0.1) is 16.6 Å². The van der Waals surface area contributed by atoms with Crippen LogP contribution in [0.3, 0.4) is 0 Å². The summed E-state index contributed by atoms with van der Waals surface area (Å²) in [6, 6.07) is 1.08. The first kappa shape index (κ1) is 12.9. The normalized spacial score (nSPS) is 12.3. The van der Waals surface area contributed by atoms with Crippen LogP contribution in [0.1, 0.15) is 30.3 Å². The Bertz CT molecular complexity index is 584. The van der Waals surface area contributed by atoms with E-state index in [0.29, 0.717) is 23.6 Å². The molecule has 6 heteroatoms. The number of halogens is 3. The van der Waals surface area contributed by atoms with Gasteiger partial charge in [0.2, 0.25) is 0 Å². The fourth-order valence-electron chi connectivity index (χ4n) is 2.07. The van der Waals surface area contributed by atoms with E-state index in [1.807, 2.05) is 6.92 Å². The number of rotatable bonds is 2. The van der Waals surface area contributed by atoms with E-state index >= 15 is 0 Å². The maximum atomic E-state index is 13.0. The Kier molecular flexibility index (Phi) is 3.04. The molecule has 2 aromatic rings. The fourth-order valence-corrected chi connectivity index (χ4v) is 2.07. The van der Waals surface area contributed by atoms with Crippen molar-refractivity contribution in [3.8, 4) is 0 Å². The van der Waals surface area contributed by atoms with Crippen molar-refractivity contribution in [3.05, 3.63) is 23.0 Å². The Morgan fingerprint density at radius 1 is 1.28 bits per heavy atom. The van der Waals surface area contributed by atoms with E-state index in [0.717, 1.165) is 12.5 Å². The Labute approximate surface area is 103 Å². The Morgan fingerprint density at radius 3 is 2.50 bits per heavy atom. The molecule has 0 fully saturated rings. The van der Waals surface area contributed by atoms with Crippen LogP contribution in [0.5, 0.6) is 0 Å². The third kappa shape index (κ3) is 2.07. The largest absolute Gasteiger partial charge is 0.417 e. The first-order chi connectivity index (χ1) is 8.34. The van der Waals surface area contributed by atoms with Crippen molar-refractivity contribution >= 4 is 11.0 Å². The zero-order chi connectivity index (χ0) is 13.5. The topological polar surface area (TPSA) is 30.7 Å². The molecule has 0 radical (unpaired) electrons. The standard InChI is InChI=1S/C12H14F3N3/c1-4-5-18-11-10(8(3)17-18)9(12(13,14)15)6-7(2)16-11/h6H,4-5H2,1-3H3. The summed E-state index contributed by atoms with van der Waals surface area (Å²) in [6.45, 7) is 5.66. The highest BCUT2D eigenvalue weighted by Crippen LogP contribution is 2.36. The molecule has 3 nitrogen and oxygen atoms in total. The third-order valence-corrected chi connectivity index (χ3v) is 2.75. The van der Waals surface area contributed by atoms with Crippen LogP contribution in [-0.4, -0.2) is 14.8 Å². The van der Waals surface area contributed by atoms with Crippen LogP contribution < -0.4 is 0 Å². The lowest BCUT2D eigenvalue weighted by Crippen LogP contribution is -2.08. The van der Waals surface area contributed by atoms with Crippen LogP contribution in [0.4, 0.5) is 13.2 Å². The molecule has 2 rings (SSSR count). The molecule has 0 aliphatic carbocycles. The highest BCUT2D eigenvalue weighted by Gasteiger charge is 2.35. The molecule has 0 aromatic carbocycles. The number of nitrogens with zero attached hydrogens (tertiary/aromatic N) is 3. The quantitative estimate of drug-likeness (QED) is 0.824. The van der Waals surface area contributed by atoms with Crippen molar-refractivity contribution in [2.24, 2.45) is 0 Å². The monoisotopic (exact) mass is 257 g/mol. The lowest BCUT2D eigenvalue weighted by molar-refractivity contribution is -0.136. The van der Waals surface area contributed by atoms with Crippen LogP contribution >= 0.6 is 0 Å². The predicted molar refractivity (Wildman–Crippen MR) is 62.3 cm³/mol. The minimum atomic E-state index is -4.38. The van der Waals surface area contributed by atoms with Gasteiger partial charge in [-0.2, -0.15) is 18.3 Å². The Hall–Kier alpha value is -1.59. The number of aromatic nitrogens is 3. The lowest BCUT2D eigenvalue weighted by atomic mass is 10.1. The van der Waals surface area contributed by atoms with Crippen molar-refractivity contribution in [1.82, 2.24) is 14.8 Å². The van der Waals surface area contributed by atoms with E-state index < -0.39 is 11.7 Å². The molecule has 2 aromatic heterocycles. The van der Waals surface area contributed by atoms with Crippen molar-refractivity contribution in [2.45, 2.75) is 39.9 Å². The summed E-state index contributed by atoms with van der Waals surface area (Å²) in [5.41, 5.74) is 0.400. The maximum Gasteiger partial charge on any atom is 0.417 e. The predicted octanol–water partition coefficient (Wildman–Crippen LogP) is 3.48. The summed E-state index contributed by atoms with van der Waals surface area (Å²) in [5.74, 6) is 0. The average molecular weight is 257 g/mol. The van der Waals surface area contributed by atoms with Gasteiger partial charge in [-0.25, -0.2) is 9.67 Å². The van der Waals surface area contributed by atoms with Crippen molar-refractivity contribution in [3.63, 3.8) is 0 Å². The minimum Gasteiger partial charge on any atom is -0.247 e. The molecule has 0 saturated heterocycles. The van der Waals surface area contributed by atoms with E-state index in [9.17, 15) is 13.2 Å². The van der Waals surface area contributed by atoms with E-state index in [1.165, 1.54) is 0 Å². The van der Waals surface area contributed by atoms with Gasteiger partial charge >= 0.3 is 6.18 Å². The zero-order valence-corrected chi connectivity index (χ0v) is 10.5. The second-order valence-corrected chi connectivity index (χ2v) is 4.32. The highest BCUT2D eigenvalue weighted by molar-refractivity contribution is 5.83. The van der Waals surface area contributed by atoms with Gasteiger partial charge in [-0.1, -0.05) is 6.92 Å².